The SMILES string of the molecule is COC(=O)c1cnc(C2CCCCC2)nc1C1NCCc2ccccc21. The third-order valence-electron chi connectivity index (χ3n) is 5.59. The maximum absolute atomic E-state index is 12.3. The Labute approximate surface area is 154 Å². The summed E-state index contributed by atoms with van der Waals surface area (Å²) in [5, 5.41) is 3.54. The first-order valence-electron chi connectivity index (χ1n) is 9.54. The van der Waals surface area contributed by atoms with E-state index in [0.29, 0.717) is 11.5 Å². The van der Waals surface area contributed by atoms with Gasteiger partial charge in [-0.25, -0.2) is 14.8 Å². The van der Waals surface area contributed by atoms with Crippen LogP contribution in [0.5, 0.6) is 0 Å². The zero-order chi connectivity index (χ0) is 17.9. The largest absolute Gasteiger partial charge is 0.465 e. The van der Waals surface area contributed by atoms with E-state index in [0.717, 1.165) is 37.3 Å². The molecule has 0 spiro atoms. The predicted octanol–water partition coefficient (Wildman–Crippen LogP) is 3.55. The van der Waals surface area contributed by atoms with Crippen LogP contribution in [0, 0.1) is 0 Å². The molecule has 0 amide bonds. The second-order valence-corrected chi connectivity index (χ2v) is 7.19. The molecule has 26 heavy (non-hydrogen) atoms. The van der Waals surface area contributed by atoms with Crippen molar-refractivity contribution in [3.8, 4) is 0 Å². The van der Waals surface area contributed by atoms with Gasteiger partial charge in [0.2, 0.25) is 0 Å². The van der Waals surface area contributed by atoms with Crippen LogP contribution >= 0.6 is 0 Å². The summed E-state index contributed by atoms with van der Waals surface area (Å²) >= 11 is 0. The minimum Gasteiger partial charge on any atom is -0.465 e. The summed E-state index contributed by atoms with van der Waals surface area (Å²) in [6, 6.07) is 8.29. The topological polar surface area (TPSA) is 64.1 Å². The molecule has 1 N–H and O–H groups in total. The van der Waals surface area contributed by atoms with Crippen LogP contribution in [-0.2, 0) is 11.2 Å². The lowest BCUT2D eigenvalue weighted by atomic mass is 9.87. The van der Waals surface area contributed by atoms with Crippen molar-refractivity contribution in [2.75, 3.05) is 13.7 Å². The van der Waals surface area contributed by atoms with E-state index in [1.54, 1.807) is 6.20 Å². The number of carbonyl (C=O) groups is 1. The maximum atomic E-state index is 12.3. The molecule has 1 aliphatic carbocycles. The summed E-state index contributed by atoms with van der Waals surface area (Å²) in [7, 11) is 1.41. The molecule has 0 saturated heterocycles. The molecule has 1 fully saturated rings. The lowest BCUT2D eigenvalue weighted by Crippen LogP contribution is -2.33. The van der Waals surface area contributed by atoms with Crippen molar-refractivity contribution in [1.82, 2.24) is 15.3 Å². The van der Waals surface area contributed by atoms with E-state index in [2.05, 4.69) is 28.5 Å². The van der Waals surface area contributed by atoms with Gasteiger partial charge >= 0.3 is 5.97 Å². The normalized spacial score (nSPS) is 20.4. The fraction of sp³-hybridized carbons (Fsp3) is 0.476. The second-order valence-electron chi connectivity index (χ2n) is 7.19. The summed E-state index contributed by atoms with van der Waals surface area (Å²) in [4.78, 5) is 21.8. The van der Waals surface area contributed by atoms with Crippen molar-refractivity contribution < 1.29 is 9.53 Å². The Morgan fingerprint density at radius 2 is 2.00 bits per heavy atom. The molecule has 0 radical (unpaired) electrons. The molecule has 5 heteroatoms. The number of hydrogen-bond acceptors (Lipinski definition) is 5. The molecule has 2 aromatic rings. The van der Waals surface area contributed by atoms with Crippen LogP contribution < -0.4 is 5.32 Å². The van der Waals surface area contributed by atoms with E-state index in [1.165, 1.54) is 37.5 Å². The van der Waals surface area contributed by atoms with Gasteiger partial charge in [0.25, 0.3) is 0 Å². The van der Waals surface area contributed by atoms with Crippen molar-refractivity contribution in [1.29, 1.82) is 0 Å². The Bertz CT molecular complexity index is 800. The van der Waals surface area contributed by atoms with Crippen molar-refractivity contribution in [3.63, 3.8) is 0 Å². The van der Waals surface area contributed by atoms with Gasteiger partial charge in [-0.1, -0.05) is 43.5 Å². The van der Waals surface area contributed by atoms with E-state index < -0.39 is 0 Å². The van der Waals surface area contributed by atoms with Gasteiger partial charge in [-0.2, -0.15) is 0 Å². The van der Waals surface area contributed by atoms with Crippen LogP contribution in [0.1, 0.15) is 77.1 Å². The number of nitrogens with zero attached hydrogens (tertiary/aromatic N) is 2. The number of fused-ring (bicyclic) bond motifs is 1. The number of esters is 1. The van der Waals surface area contributed by atoms with Gasteiger partial charge in [0.1, 0.15) is 11.4 Å². The Hall–Kier alpha value is -2.27. The number of hydrogen-bond donors (Lipinski definition) is 1. The van der Waals surface area contributed by atoms with Gasteiger partial charge in [0.05, 0.1) is 18.8 Å². The number of nitrogens with one attached hydrogen (secondary N) is 1. The van der Waals surface area contributed by atoms with Crippen LogP contribution in [0.25, 0.3) is 0 Å². The molecular weight excluding hydrogens is 326 g/mol. The first kappa shape index (κ1) is 17.2. The summed E-state index contributed by atoms with van der Waals surface area (Å²) in [6.45, 7) is 0.866. The van der Waals surface area contributed by atoms with E-state index >= 15 is 0 Å². The molecule has 2 heterocycles. The van der Waals surface area contributed by atoms with E-state index in [1.807, 2.05) is 6.07 Å². The average Bonchev–Trinajstić information content (AvgIpc) is 2.73. The second kappa shape index (κ2) is 7.54. The molecule has 1 atom stereocenters. The van der Waals surface area contributed by atoms with Crippen molar-refractivity contribution in [2.45, 2.75) is 50.5 Å². The molecular formula is C21H25N3O2. The summed E-state index contributed by atoms with van der Waals surface area (Å²) < 4.78 is 4.99. The highest BCUT2D eigenvalue weighted by Crippen LogP contribution is 2.34. The highest BCUT2D eigenvalue weighted by Gasteiger charge is 2.29. The molecule has 1 aromatic carbocycles. The highest BCUT2D eigenvalue weighted by atomic mass is 16.5. The molecule has 5 nitrogen and oxygen atoms in total. The van der Waals surface area contributed by atoms with Gasteiger partial charge in [-0.3, -0.25) is 0 Å². The molecule has 1 unspecified atom stereocenters. The number of aromatic nitrogens is 2. The first-order chi connectivity index (χ1) is 12.8. The van der Waals surface area contributed by atoms with Gasteiger partial charge in [0, 0.05) is 18.7 Å². The van der Waals surface area contributed by atoms with E-state index in [-0.39, 0.29) is 12.0 Å². The molecule has 1 aliphatic heterocycles. The average molecular weight is 351 g/mol. The Kier molecular flexibility index (Phi) is 4.98. The minimum atomic E-state index is -0.375. The predicted molar refractivity (Wildman–Crippen MR) is 99.2 cm³/mol. The Morgan fingerprint density at radius 1 is 1.19 bits per heavy atom. The minimum absolute atomic E-state index is 0.0978. The zero-order valence-corrected chi connectivity index (χ0v) is 15.2. The zero-order valence-electron chi connectivity index (χ0n) is 15.2. The standard InChI is InChI=1S/C21H25N3O2/c1-26-21(25)17-13-23-20(15-8-3-2-4-9-15)24-19(17)18-16-10-6-5-7-14(16)11-12-22-18/h5-7,10,13,15,18,22H,2-4,8-9,11-12H2,1H3. The van der Waals surface area contributed by atoms with Crippen molar-refractivity contribution in [2.24, 2.45) is 0 Å². The van der Waals surface area contributed by atoms with Crippen molar-refractivity contribution >= 4 is 5.97 Å². The van der Waals surface area contributed by atoms with Gasteiger partial charge in [0.15, 0.2) is 0 Å². The molecule has 136 valence electrons. The molecule has 1 aromatic heterocycles. The van der Waals surface area contributed by atoms with E-state index in [4.69, 9.17) is 9.72 Å². The third kappa shape index (κ3) is 3.23. The number of rotatable bonds is 3. The summed E-state index contributed by atoms with van der Waals surface area (Å²) in [6.07, 6.45) is 8.66. The van der Waals surface area contributed by atoms with Crippen LogP contribution in [0.2, 0.25) is 0 Å². The quantitative estimate of drug-likeness (QED) is 0.857. The summed E-state index contributed by atoms with van der Waals surface area (Å²) in [5.74, 6) is 0.894. The number of benzene rings is 1. The van der Waals surface area contributed by atoms with Crippen molar-refractivity contribution in [3.05, 3.63) is 58.7 Å². The lowest BCUT2D eigenvalue weighted by molar-refractivity contribution is 0.0597. The molecule has 0 bridgehead atoms. The fourth-order valence-corrected chi connectivity index (χ4v) is 4.20. The number of methoxy groups -OCH3 is 1. The van der Waals surface area contributed by atoms with Crippen LogP contribution in [0.3, 0.4) is 0 Å². The smallest absolute Gasteiger partial charge is 0.341 e. The monoisotopic (exact) mass is 351 g/mol. The Morgan fingerprint density at radius 3 is 2.81 bits per heavy atom. The van der Waals surface area contributed by atoms with Gasteiger partial charge in [-0.05, 0) is 30.4 Å². The lowest BCUT2D eigenvalue weighted by Gasteiger charge is -2.28. The summed E-state index contributed by atoms with van der Waals surface area (Å²) in [5.41, 5.74) is 3.71. The van der Waals surface area contributed by atoms with Gasteiger partial charge < -0.3 is 10.1 Å². The molecule has 2 aliphatic rings. The van der Waals surface area contributed by atoms with Crippen LogP contribution in [0.15, 0.2) is 30.5 Å². The Balaban J connectivity index is 1.78. The molecule has 1 saturated carbocycles. The number of ether oxygens (including phenoxy) is 1. The van der Waals surface area contributed by atoms with Crippen LogP contribution in [0.4, 0.5) is 0 Å². The molecule has 4 rings (SSSR count). The maximum Gasteiger partial charge on any atom is 0.341 e. The fourth-order valence-electron chi connectivity index (χ4n) is 4.20. The van der Waals surface area contributed by atoms with E-state index in [9.17, 15) is 4.79 Å². The van der Waals surface area contributed by atoms with Crippen LogP contribution in [-0.4, -0.2) is 29.6 Å². The third-order valence-corrected chi connectivity index (χ3v) is 5.59. The number of carbonyl (C=O) groups excluding carboxylic acids is 1. The van der Waals surface area contributed by atoms with Gasteiger partial charge in [-0.15, -0.1) is 0 Å². The highest BCUT2D eigenvalue weighted by molar-refractivity contribution is 5.90. The first-order valence-corrected chi connectivity index (χ1v) is 9.54.